The first-order valence-corrected chi connectivity index (χ1v) is 25.5. The second-order valence-electron chi connectivity index (χ2n) is 19.4. The quantitative estimate of drug-likeness (QED) is 0.0356. The molecule has 0 amide bonds. The molecule has 4 aromatic rings. The van der Waals surface area contributed by atoms with Crippen molar-refractivity contribution in [3.63, 3.8) is 0 Å². The van der Waals surface area contributed by atoms with Crippen LogP contribution in [0.25, 0.3) is 0 Å². The predicted octanol–water partition coefficient (Wildman–Crippen LogP) is 3.04. The topological polar surface area (TPSA) is 145 Å². The number of esters is 2. The molecule has 18 heteroatoms. The Morgan fingerprint density at radius 2 is 0.776 bits per heavy atom. The zero-order valence-electron chi connectivity index (χ0n) is 46.6. The average Bonchev–Trinajstić information content (AvgIpc) is 3.42. The molecule has 0 fully saturated rings. The molecular formula is C58H80Cl2N2O14. The van der Waals surface area contributed by atoms with E-state index in [1.54, 1.807) is 71.1 Å². The van der Waals surface area contributed by atoms with Crippen molar-refractivity contribution in [2.45, 2.75) is 76.3 Å². The Labute approximate surface area is 462 Å². The van der Waals surface area contributed by atoms with E-state index in [0.717, 1.165) is 59.1 Å². The van der Waals surface area contributed by atoms with Gasteiger partial charge in [0, 0.05) is 62.5 Å². The van der Waals surface area contributed by atoms with E-state index < -0.39 is 0 Å². The van der Waals surface area contributed by atoms with Crippen LogP contribution in [0.3, 0.4) is 0 Å². The van der Waals surface area contributed by atoms with Crippen LogP contribution >= 0.6 is 0 Å². The Hall–Kier alpha value is -5.94. The molecule has 0 aliphatic carbocycles. The third-order valence-corrected chi connectivity index (χ3v) is 15.0. The molecule has 0 saturated heterocycles. The van der Waals surface area contributed by atoms with Gasteiger partial charge in [-0.25, -0.2) is 0 Å². The molecule has 0 saturated carbocycles. The van der Waals surface area contributed by atoms with Gasteiger partial charge in [0.2, 0.25) is 11.5 Å². The molecule has 0 spiro atoms. The fourth-order valence-electron chi connectivity index (χ4n) is 10.8. The molecule has 0 bridgehead atoms. The Balaban J connectivity index is 0.00000624. The number of quaternary nitrogens is 2. The Morgan fingerprint density at radius 1 is 0.461 bits per heavy atom. The maximum absolute atomic E-state index is 12.9. The van der Waals surface area contributed by atoms with Gasteiger partial charge in [0.25, 0.3) is 0 Å². The predicted molar refractivity (Wildman–Crippen MR) is 282 cm³/mol. The Morgan fingerprint density at radius 3 is 1.08 bits per heavy atom. The number of fused-ring (bicyclic) bond motifs is 2. The summed E-state index contributed by atoms with van der Waals surface area (Å²) in [5, 5.41) is 0. The van der Waals surface area contributed by atoms with Gasteiger partial charge >= 0.3 is 11.9 Å². The van der Waals surface area contributed by atoms with Crippen LogP contribution in [0.2, 0.25) is 0 Å². The number of likely N-dealkylation sites (N-methyl/N-ethyl adjacent to an activating group) is 2. The van der Waals surface area contributed by atoms with Crippen LogP contribution in [0.1, 0.15) is 84.0 Å². The van der Waals surface area contributed by atoms with Crippen LogP contribution < -0.4 is 72.2 Å². The van der Waals surface area contributed by atoms with Crippen molar-refractivity contribution in [3.05, 3.63) is 94.1 Å². The van der Waals surface area contributed by atoms with Gasteiger partial charge in [0.15, 0.2) is 46.0 Å². The lowest BCUT2D eigenvalue weighted by molar-refractivity contribution is -0.941. The monoisotopic (exact) mass is 1100 g/mol. The number of hydrogen-bond donors (Lipinski definition) is 0. The fourth-order valence-corrected chi connectivity index (χ4v) is 10.8. The van der Waals surface area contributed by atoms with E-state index in [0.29, 0.717) is 109 Å². The lowest BCUT2D eigenvalue weighted by Gasteiger charge is -2.46. The minimum absolute atomic E-state index is 0. The highest BCUT2D eigenvalue weighted by molar-refractivity contribution is 5.70. The number of rotatable bonds is 28. The van der Waals surface area contributed by atoms with Gasteiger partial charge < -0.3 is 90.6 Å². The van der Waals surface area contributed by atoms with E-state index in [1.165, 1.54) is 22.3 Å². The summed E-state index contributed by atoms with van der Waals surface area (Å²) in [6.45, 7) is 4.02. The summed E-state index contributed by atoms with van der Waals surface area (Å²) >= 11 is 0. The molecule has 2 aliphatic rings. The van der Waals surface area contributed by atoms with E-state index in [4.69, 9.17) is 56.8 Å². The third-order valence-electron chi connectivity index (χ3n) is 15.0. The second kappa shape index (κ2) is 29.5. The van der Waals surface area contributed by atoms with Crippen LogP contribution in [0.5, 0.6) is 57.5 Å². The highest BCUT2D eigenvalue weighted by Gasteiger charge is 2.42. The van der Waals surface area contributed by atoms with Crippen molar-refractivity contribution in [2.75, 3.05) is 125 Å². The maximum Gasteiger partial charge on any atom is 0.306 e. The summed E-state index contributed by atoms with van der Waals surface area (Å²) in [6, 6.07) is 16.5. The van der Waals surface area contributed by atoms with Gasteiger partial charge in [0.1, 0.15) is 12.1 Å². The van der Waals surface area contributed by atoms with Crippen LogP contribution in [0.15, 0.2) is 60.7 Å². The first-order chi connectivity index (χ1) is 35.7. The summed E-state index contributed by atoms with van der Waals surface area (Å²) in [4.78, 5) is 25.7. The molecule has 16 nitrogen and oxygen atoms in total. The number of allylic oxidation sites excluding steroid dienone is 2. The van der Waals surface area contributed by atoms with E-state index in [-0.39, 0.29) is 61.7 Å². The molecule has 6 rings (SSSR count). The van der Waals surface area contributed by atoms with Gasteiger partial charge in [-0.1, -0.05) is 12.2 Å². The van der Waals surface area contributed by atoms with Gasteiger partial charge in [-0.15, -0.1) is 0 Å². The highest BCUT2D eigenvalue weighted by atomic mass is 35.5. The van der Waals surface area contributed by atoms with Crippen molar-refractivity contribution in [1.82, 2.24) is 0 Å². The molecule has 4 atom stereocenters. The number of nitrogens with zero attached hydrogens (tertiary/aromatic N) is 2. The summed E-state index contributed by atoms with van der Waals surface area (Å²) in [7, 11) is 20.9. The van der Waals surface area contributed by atoms with Crippen LogP contribution in [-0.4, -0.2) is 145 Å². The van der Waals surface area contributed by atoms with Gasteiger partial charge in [-0.05, 0) is 83.6 Å². The highest BCUT2D eigenvalue weighted by Crippen LogP contribution is 2.47. The molecular weight excluding hydrogens is 1020 g/mol. The molecule has 2 aliphatic heterocycles. The Kier molecular flexibility index (Phi) is 24.3. The van der Waals surface area contributed by atoms with Crippen LogP contribution in [0.4, 0.5) is 0 Å². The van der Waals surface area contributed by atoms with Gasteiger partial charge in [0.05, 0.1) is 125 Å². The number of ether oxygens (including phenoxy) is 12. The smallest absolute Gasteiger partial charge is 0.306 e. The summed E-state index contributed by atoms with van der Waals surface area (Å²) in [6.07, 6.45) is 9.94. The van der Waals surface area contributed by atoms with Gasteiger partial charge in [-0.2, -0.15) is 0 Å². The maximum atomic E-state index is 12.9. The summed E-state index contributed by atoms with van der Waals surface area (Å²) in [5.41, 5.74) is 6.93. The first-order valence-electron chi connectivity index (χ1n) is 25.5. The average molecular weight is 1100 g/mol. The molecule has 2 heterocycles. The zero-order chi connectivity index (χ0) is 53.4. The molecule has 2 unspecified atom stereocenters. The first kappa shape index (κ1) is 62.6. The van der Waals surface area contributed by atoms with Crippen molar-refractivity contribution in [1.29, 1.82) is 0 Å². The lowest BCUT2D eigenvalue weighted by Crippen LogP contribution is -3.00. The van der Waals surface area contributed by atoms with Crippen LogP contribution in [0, 0.1) is 0 Å². The molecule has 76 heavy (non-hydrogen) atoms. The van der Waals surface area contributed by atoms with E-state index in [1.807, 2.05) is 36.4 Å². The fraction of sp³-hybridized carbons (Fsp3) is 0.517. The molecule has 0 aromatic heterocycles. The van der Waals surface area contributed by atoms with E-state index >= 15 is 0 Å². The summed E-state index contributed by atoms with van der Waals surface area (Å²) < 4.78 is 69.8. The number of hydrogen-bond acceptors (Lipinski definition) is 14. The minimum Gasteiger partial charge on any atom is -1.00 e. The standard InChI is InChI=1S/C58H80N2O14.2ClH/c1-59(25-21-41-35-47(63-3)49(65-5)37-43(41)45(59)29-39-31-51(67-7)57(71-11)52(32-39)68-8)23-17-27-73-55(61)19-15-13-14-16-20-56(62)74-28-18-24-60(2)26-22-42-36-48(64-4)50(66-6)38-44(42)46(60)30-40-33-53(69-9)58(72-12)54(34-40)70-10;;/h13-14,31-38,45-46H,15-30H2,1-12H3;2*1H/q+2;;/p-2/b14-13+;;/t45-,46-,59?,60?;;/m1../s1. The number of carbonyl (C=O) groups excluding carboxylic acids is 2. The minimum atomic E-state index is -0.246. The number of methoxy groups -OCH3 is 10. The van der Waals surface area contributed by atoms with E-state index in [9.17, 15) is 9.59 Å². The molecule has 0 N–H and O–H groups in total. The number of carbonyl (C=O) groups is 2. The van der Waals surface area contributed by atoms with Crippen molar-refractivity contribution in [2.24, 2.45) is 0 Å². The normalized spacial score (nSPS) is 18.4. The molecule has 420 valence electrons. The second-order valence-corrected chi connectivity index (χ2v) is 19.4. The van der Waals surface area contributed by atoms with Crippen molar-refractivity contribution >= 4 is 11.9 Å². The Bertz CT molecular complexity index is 2350. The largest absolute Gasteiger partial charge is 1.00 e. The third kappa shape index (κ3) is 15.0. The van der Waals surface area contributed by atoms with E-state index in [2.05, 4.69) is 38.4 Å². The number of benzene rings is 4. The SMILES string of the molecule is COc1cc2c(cc1OC)[C@@H](Cc1cc(OC)c(OC)c(OC)c1)[N+](C)(CCCOC(=O)CC/C=C/CCC(=O)OCCC[N+]1(C)CCc3cc(OC)c(OC)cc3[C@H]1Cc1cc(OC)c(OC)c(OC)c1)CC2.[Cl-].[Cl-]. The molecule has 0 radical (unpaired) electrons. The van der Waals surface area contributed by atoms with Crippen molar-refractivity contribution < 1.29 is 100 Å². The summed E-state index contributed by atoms with van der Waals surface area (Å²) in [5.74, 6) is 5.81. The lowest BCUT2D eigenvalue weighted by atomic mass is 9.86. The van der Waals surface area contributed by atoms with Crippen LogP contribution in [-0.2, 0) is 44.7 Å². The van der Waals surface area contributed by atoms with Crippen molar-refractivity contribution in [3.8, 4) is 57.5 Å². The number of halogens is 2. The van der Waals surface area contributed by atoms with Gasteiger partial charge in [-0.3, -0.25) is 9.59 Å². The molecule has 4 aromatic carbocycles. The zero-order valence-corrected chi connectivity index (χ0v) is 48.1.